The van der Waals surface area contributed by atoms with Gasteiger partial charge < -0.3 is 0 Å². The number of rotatable bonds is 5. The number of thiazole rings is 1. The lowest BCUT2D eigenvalue weighted by Crippen LogP contribution is -1.98. The third-order valence-corrected chi connectivity index (χ3v) is 4.51. The van der Waals surface area contributed by atoms with Crippen LogP contribution in [0.5, 0.6) is 0 Å². The molecule has 3 rings (SSSR count). The summed E-state index contributed by atoms with van der Waals surface area (Å²) in [4.78, 5) is 24.8. The minimum atomic E-state index is -0.685. The molecule has 0 bridgehead atoms. The summed E-state index contributed by atoms with van der Waals surface area (Å²) in [5.41, 5.74) is 4.08. The number of fused-ring (bicyclic) bond motifs is 1. The number of nitro groups is 2. The average Bonchev–Trinajstić information content (AvgIpc) is 2.99. The van der Waals surface area contributed by atoms with Crippen LogP contribution in [-0.2, 0) is 0 Å². The fourth-order valence-corrected chi connectivity index (χ4v) is 3.09. The Kier molecular flexibility index (Phi) is 4.35. The van der Waals surface area contributed by atoms with Gasteiger partial charge in [-0.3, -0.25) is 25.7 Å². The number of hydrogen-bond acceptors (Lipinski definition) is 8. The molecule has 1 aromatic heterocycles. The highest BCUT2D eigenvalue weighted by Gasteiger charge is 2.18. The monoisotopic (exact) mass is 357 g/mol. The lowest BCUT2D eigenvalue weighted by atomic mass is 10.2. The molecule has 0 radical (unpaired) electrons. The van der Waals surface area contributed by atoms with Crippen LogP contribution in [0.15, 0.2) is 41.5 Å². The van der Waals surface area contributed by atoms with Gasteiger partial charge in [-0.2, -0.15) is 5.10 Å². The molecule has 0 unspecified atom stereocenters. The molecule has 0 spiro atoms. The van der Waals surface area contributed by atoms with Crippen LogP contribution in [0.25, 0.3) is 10.2 Å². The van der Waals surface area contributed by atoms with Gasteiger partial charge in [0.2, 0.25) is 5.13 Å². The Hall–Kier alpha value is -3.40. The molecule has 9 nitrogen and oxygen atoms in total. The van der Waals surface area contributed by atoms with E-state index in [0.29, 0.717) is 5.13 Å². The molecule has 10 heteroatoms. The lowest BCUT2D eigenvalue weighted by Gasteiger charge is -1.98. The summed E-state index contributed by atoms with van der Waals surface area (Å²) in [6.07, 6.45) is 1.24. The molecule has 3 aromatic rings. The Labute approximate surface area is 144 Å². The molecule has 0 atom stereocenters. The fraction of sp³-hybridized carbons (Fsp3) is 0.0667. The summed E-state index contributed by atoms with van der Waals surface area (Å²) in [6.45, 7) is 1.98. The zero-order valence-electron chi connectivity index (χ0n) is 12.9. The van der Waals surface area contributed by atoms with Gasteiger partial charge in [0.25, 0.3) is 11.4 Å². The quantitative estimate of drug-likeness (QED) is 0.420. The molecule has 0 saturated carbocycles. The second-order valence-electron chi connectivity index (χ2n) is 5.07. The van der Waals surface area contributed by atoms with Crippen LogP contribution >= 0.6 is 11.3 Å². The van der Waals surface area contributed by atoms with Crippen LogP contribution in [0.3, 0.4) is 0 Å². The first-order valence-electron chi connectivity index (χ1n) is 7.04. The summed E-state index contributed by atoms with van der Waals surface area (Å²) in [6, 6.07) is 9.15. The number of non-ortho nitro benzene ring substituents is 1. The molecule has 0 aliphatic heterocycles. The van der Waals surface area contributed by atoms with Crippen molar-refractivity contribution in [3.05, 3.63) is 67.8 Å². The van der Waals surface area contributed by atoms with Gasteiger partial charge in [0, 0.05) is 6.07 Å². The van der Waals surface area contributed by atoms with Crippen molar-refractivity contribution < 1.29 is 9.85 Å². The number of benzene rings is 2. The Morgan fingerprint density at radius 3 is 2.68 bits per heavy atom. The van der Waals surface area contributed by atoms with Gasteiger partial charge in [0.1, 0.15) is 0 Å². The minimum absolute atomic E-state index is 0.153. The Morgan fingerprint density at radius 2 is 2.00 bits per heavy atom. The van der Waals surface area contributed by atoms with E-state index in [-0.39, 0.29) is 16.9 Å². The third-order valence-electron chi connectivity index (χ3n) is 3.40. The predicted octanol–water partition coefficient (Wildman–Crippen LogP) is 3.87. The summed E-state index contributed by atoms with van der Waals surface area (Å²) in [7, 11) is 0. The highest BCUT2D eigenvalue weighted by molar-refractivity contribution is 7.22. The third kappa shape index (κ3) is 3.43. The number of aromatic nitrogens is 1. The van der Waals surface area contributed by atoms with E-state index in [4.69, 9.17) is 0 Å². The minimum Gasteiger partial charge on any atom is -0.258 e. The highest BCUT2D eigenvalue weighted by Crippen LogP contribution is 2.28. The first-order chi connectivity index (χ1) is 12.0. The molecule has 0 fully saturated rings. The second kappa shape index (κ2) is 6.61. The normalized spacial score (nSPS) is 11.1. The standard InChI is InChI=1S/C15H11N5O4S/c1-9-3-2-4-12-14(9)25-15(17-12)18-16-8-10-5-6-11(19(21)22)7-13(10)20(23)24/h2-8H,1H3,(H,17,18)/b16-8-. The number of aryl methyl sites for hydroxylation is 1. The largest absolute Gasteiger partial charge is 0.285 e. The van der Waals surface area contributed by atoms with E-state index in [9.17, 15) is 20.2 Å². The molecule has 0 saturated heterocycles. The van der Waals surface area contributed by atoms with E-state index in [1.165, 1.54) is 29.7 Å². The fourth-order valence-electron chi connectivity index (χ4n) is 2.20. The van der Waals surface area contributed by atoms with E-state index in [1.54, 1.807) is 0 Å². The van der Waals surface area contributed by atoms with Gasteiger partial charge in [-0.05, 0) is 24.6 Å². The first-order valence-corrected chi connectivity index (χ1v) is 7.85. The SMILES string of the molecule is Cc1cccc2nc(N/N=C\c3ccc([N+](=O)[O-])cc3[N+](=O)[O-])sc12. The van der Waals surface area contributed by atoms with Crippen LogP contribution in [0.2, 0.25) is 0 Å². The molecule has 0 aliphatic rings. The zero-order chi connectivity index (χ0) is 18.0. The summed E-state index contributed by atoms with van der Waals surface area (Å²) >= 11 is 1.42. The molecule has 1 N–H and O–H groups in total. The topological polar surface area (TPSA) is 124 Å². The Morgan fingerprint density at radius 1 is 1.20 bits per heavy atom. The van der Waals surface area contributed by atoms with E-state index in [2.05, 4.69) is 15.5 Å². The van der Waals surface area contributed by atoms with E-state index in [1.807, 2.05) is 25.1 Å². The van der Waals surface area contributed by atoms with E-state index < -0.39 is 9.85 Å². The van der Waals surface area contributed by atoms with Crippen molar-refractivity contribution >= 4 is 44.3 Å². The van der Waals surface area contributed by atoms with E-state index >= 15 is 0 Å². The van der Waals surface area contributed by atoms with Crippen molar-refractivity contribution in [2.45, 2.75) is 6.92 Å². The molecular weight excluding hydrogens is 346 g/mol. The Bertz CT molecular complexity index is 1010. The Balaban J connectivity index is 1.85. The number of anilines is 1. The average molecular weight is 357 g/mol. The summed E-state index contributed by atoms with van der Waals surface area (Å²) < 4.78 is 1.03. The van der Waals surface area contributed by atoms with Crippen LogP contribution in [0.4, 0.5) is 16.5 Å². The molecule has 126 valence electrons. The number of nitrogens with one attached hydrogen (secondary N) is 1. The van der Waals surface area contributed by atoms with Crippen LogP contribution < -0.4 is 5.43 Å². The molecule has 25 heavy (non-hydrogen) atoms. The maximum Gasteiger partial charge on any atom is 0.285 e. The number of nitrogens with zero attached hydrogens (tertiary/aromatic N) is 4. The van der Waals surface area contributed by atoms with Crippen LogP contribution in [-0.4, -0.2) is 21.0 Å². The van der Waals surface area contributed by atoms with Crippen molar-refractivity contribution in [3.63, 3.8) is 0 Å². The molecule has 0 amide bonds. The van der Waals surface area contributed by atoms with Crippen LogP contribution in [0, 0.1) is 27.2 Å². The number of nitro benzene ring substituents is 2. The van der Waals surface area contributed by atoms with Gasteiger partial charge in [-0.15, -0.1) is 0 Å². The van der Waals surface area contributed by atoms with Gasteiger partial charge in [-0.1, -0.05) is 23.5 Å². The summed E-state index contributed by atoms with van der Waals surface area (Å²) in [5.74, 6) is 0. The summed E-state index contributed by atoms with van der Waals surface area (Å²) in [5, 5.41) is 26.3. The smallest absolute Gasteiger partial charge is 0.258 e. The van der Waals surface area contributed by atoms with Crippen molar-refractivity contribution in [2.75, 3.05) is 5.43 Å². The van der Waals surface area contributed by atoms with Crippen molar-refractivity contribution in [1.82, 2.24) is 4.98 Å². The van der Waals surface area contributed by atoms with Gasteiger partial charge in [-0.25, -0.2) is 4.98 Å². The number of hydrogen-bond donors (Lipinski definition) is 1. The van der Waals surface area contributed by atoms with Crippen molar-refractivity contribution in [2.24, 2.45) is 5.10 Å². The number of hydrazone groups is 1. The predicted molar refractivity (Wildman–Crippen MR) is 95.3 cm³/mol. The highest BCUT2D eigenvalue weighted by atomic mass is 32.1. The molecular formula is C15H11N5O4S. The second-order valence-corrected chi connectivity index (χ2v) is 6.07. The van der Waals surface area contributed by atoms with E-state index in [0.717, 1.165) is 21.8 Å². The molecule has 0 aliphatic carbocycles. The lowest BCUT2D eigenvalue weighted by molar-refractivity contribution is -0.394. The van der Waals surface area contributed by atoms with Gasteiger partial charge in [0.15, 0.2) is 0 Å². The van der Waals surface area contributed by atoms with Gasteiger partial charge >= 0.3 is 0 Å². The van der Waals surface area contributed by atoms with Crippen molar-refractivity contribution in [3.8, 4) is 0 Å². The molecule has 2 aromatic carbocycles. The maximum absolute atomic E-state index is 11.1. The van der Waals surface area contributed by atoms with Crippen molar-refractivity contribution in [1.29, 1.82) is 0 Å². The molecule has 1 heterocycles. The van der Waals surface area contributed by atoms with Crippen LogP contribution in [0.1, 0.15) is 11.1 Å². The maximum atomic E-state index is 11.1. The van der Waals surface area contributed by atoms with Gasteiger partial charge in [0.05, 0.1) is 37.9 Å². The first kappa shape index (κ1) is 16.5. The zero-order valence-corrected chi connectivity index (χ0v) is 13.7.